The van der Waals surface area contributed by atoms with E-state index in [9.17, 15) is 22.4 Å². The molecule has 32 heavy (non-hydrogen) atoms. The molecule has 1 aromatic rings. The first kappa shape index (κ1) is 24.6. The Kier molecular flexibility index (Phi) is 8.24. The first-order valence-electron chi connectivity index (χ1n) is 11.2. The van der Waals surface area contributed by atoms with Crippen LogP contribution in [0.5, 0.6) is 5.75 Å². The maximum Gasteiger partial charge on any atom is 0.243 e. The Morgan fingerprint density at radius 2 is 2.00 bits per heavy atom. The van der Waals surface area contributed by atoms with Gasteiger partial charge in [0.25, 0.3) is 0 Å². The van der Waals surface area contributed by atoms with Crippen LogP contribution in [0.3, 0.4) is 0 Å². The highest BCUT2D eigenvalue weighted by Crippen LogP contribution is 2.33. The van der Waals surface area contributed by atoms with Crippen LogP contribution in [0.1, 0.15) is 63.4 Å². The van der Waals surface area contributed by atoms with Gasteiger partial charge in [-0.1, -0.05) is 19.4 Å². The van der Waals surface area contributed by atoms with Crippen molar-refractivity contribution in [2.45, 2.75) is 69.1 Å². The molecule has 2 aliphatic rings. The van der Waals surface area contributed by atoms with Gasteiger partial charge in [-0.15, -0.1) is 0 Å². The van der Waals surface area contributed by atoms with E-state index in [0.29, 0.717) is 56.7 Å². The minimum atomic E-state index is -3.83. The Balaban J connectivity index is 1.53. The van der Waals surface area contributed by atoms with Crippen LogP contribution >= 0.6 is 0 Å². The van der Waals surface area contributed by atoms with Gasteiger partial charge in [0.1, 0.15) is 0 Å². The Morgan fingerprint density at radius 3 is 2.66 bits per heavy atom. The van der Waals surface area contributed by atoms with E-state index in [1.165, 1.54) is 6.07 Å². The van der Waals surface area contributed by atoms with E-state index in [1.807, 2.05) is 0 Å². The predicted octanol–water partition coefficient (Wildman–Crippen LogP) is 1.94. The molecule has 0 bridgehead atoms. The lowest BCUT2D eigenvalue weighted by atomic mass is 9.94. The lowest BCUT2D eigenvalue weighted by Gasteiger charge is -2.24. The van der Waals surface area contributed by atoms with Gasteiger partial charge >= 0.3 is 0 Å². The van der Waals surface area contributed by atoms with Gasteiger partial charge in [-0.2, -0.15) is 0 Å². The monoisotopic (exact) mass is 469 g/mol. The van der Waals surface area contributed by atoms with Crippen molar-refractivity contribution in [3.8, 4) is 5.75 Å². The minimum absolute atomic E-state index is 0.142. The number of rotatable bonds is 12. The molecule has 3 atom stereocenters. The molecule has 1 saturated carbocycles. The van der Waals surface area contributed by atoms with Crippen LogP contribution in [0, 0.1) is 11.7 Å². The van der Waals surface area contributed by atoms with Gasteiger partial charge in [0.2, 0.25) is 21.8 Å². The van der Waals surface area contributed by atoms with E-state index < -0.39 is 33.1 Å². The maximum absolute atomic E-state index is 14.1. The Labute approximate surface area is 188 Å². The summed E-state index contributed by atoms with van der Waals surface area (Å²) < 4.78 is 44.2. The van der Waals surface area contributed by atoms with E-state index in [0.717, 1.165) is 12.8 Å². The van der Waals surface area contributed by atoms with Gasteiger partial charge in [0, 0.05) is 6.42 Å². The van der Waals surface area contributed by atoms with Crippen LogP contribution in [0.2, 0.25) is 0 Å². The molecule has 1 aliphatic heterocycles. The highest BCUT2D eigenvalue weighted by molar-refractivity contribution is 7.89. The van der Waals surface area contributed by atoms with E-state index in [2.05, 4.69) is 10.6 Å². The van der Waals surface area contributed by atoms with Crippen molar-refractivity contribution in [2.24, 2.45) is 11.1 Å². The summed E-state index contributed by atoms with van der Waals surface area (Å²) in [5, 5.41) is 10.1. The Morgan fingerprint density at radius 1 is 1.25 bits per heavy atom. The molecule has 2 fully saturated rings. The number of carbonyl (C=O) groups is 2. The summed E-state index contributed by atoms with van der Waals surface area (Å²) in [6.07, 6.45) is 4.50. The van der Waals surface area contributed by atoms with Crippen molar-refractivity contribution >= 4 is 21.8 Å². The average Bonchev–Trinajstić information content (AvgIpc) is 3.54. The van der Waals surface area contributed by atoms with E-state index in [-0.39, 0.29) is 17.6 Å². The number of piperidine rings is 1. The van der Waals surface area contributed by atoms with E-state index >= 15 is 0 Å². The van der Waals surface area contributed by atoms with Gasteiger partial charge in [-0.3, -0.25) is 14.9 Å². The maximum atomic E-state index is 14.1. The summed E-state index contributed by atoms with van der Waals surface area (Å²) in [4.78, 5) is 23.0. The SMILES string of the molecule is C[C@H](c1ccc(F)c(OCC2CC2)c1)C(CCCCNC1CCC(=O)NC1=O)S(N)(=O)=O. The summed E-state index contributed by atoms with van der Waals surface area (Å²) in [7, 11) is -3.83. The molecule has 2 amide bonds. The molecule has 4 N–H and O–H groups in total. The van der Waals surface area contributed by atoms with Crippen molar-refractivity contribution in [1.29, 1.82) is 0 Å². The zero-order valence-corrected chi connectivity index (χ0v) is 19.1. The summed E-state index contributed by atoms with van der Waals surface area (Å²) in [6.45, 7) is 2.76. The second-order valence-electron chi connectivity index (χ2n) is 8.81. The molecule has 178 valence electrons. The Hall–Kier alpha value is -2.04. The normalized spacial score (nSPS) is 21.2. The predicted molar refractivity (Wildman–Crippen MR) is 118 cm³/mol. The van der Waals surface area contributed by atoms with Gasteiger partial charge in [0.05, 0.1) is 17.9 Å². The van der Waals surface area contributed by atoms with E-state index in [1.54, 1.807) is 19.1 Å². The average molecular weight is 470 g/mol. The molecule has 8 nitrogen and oxygen atoms in total. The molecule has 10 heteroatoms. The van der Waals surface area contributed by atoms with Crippen LogP contribution in [0.15, 0.2) is 18.2 Å². The second-order valence-corrected chi connectivity index (χ2v) is 10.6. The van der Waals surface area contributed by atoms with Crippen molar-refractivity contribution in [3.05, 3.63) is 29.6 Å². The number of hydrogen-bond donors (Lipinski definition) is 3. The molecule has 1 saturated heterocycles. The van der Waals surface area contributed by atoms with Gasteiger partial charge in [-0.25, -0.2) is 17.9 Å². The molecule has 2 unspecified atom stereocenters. The van der Waals surface area contributed by atoms with Gasteiger partial charge in [0.15, 0.2) is 11.6 Å². The van der Waals surface area contributed by atoms with Crippen LogP contribution in [0.25, 0.3) is 0 Å². The molecule has 1 aliphatic carbocycles. The second kappa shape index (κ2) is 10.7. The number of imide groups is 1. The third-order valence-electron chi connectivity index (χ3n) is 6.18. The lowest BCUT2D eigenvalue weighted by Crippen LogP contribution is -2.50. The zero-order valence-electron chi connectivity index (χ0n) is 18.3. The highest BCUT2D eigenvalue weighted by atomic mass is 32.2. The molecule has 0 spiro atoms. The molecule has 3 rings (SSSR count). The Bertz CT molecular complexity index is 935. The molecule has 0 radical (unpaired) electrons. The fraction of sp³-hybridized carbons (Fsp3) is 0.636. The number of primary sulfonamides is 1. The van der Waals surface area contributed by atoms with Crippen molar-refractivity contribution in [3.63, 3.8) is 0 Å². The first-order chi connectivity index (χ1) is 15.1. The number of sulfonamides is 1. The molecule has 0 aromatic heterocycles. The fourth-order valence-electron chi connectivity index (χ4n) is 3.95. The number of nitrogens with one attached hydrogen (secondary N) is 2. The number of ether oxygens (including phenoxy) is 1. The third-order valence-corrected chi connectivity index (χ3v) is 7.67. The van der Waals surface area contributed by atoms with Gasteiger partial charge in [-0.05, 0) is 68.2 Å². The van der Waals surface area contributed by atoms with Crippen LogP contribution in [0.4, 0.5) is 4.39 Å². The standard InChI is InChI=1S/C22H32FN3O5S/c1-14(16-7-8-17(23)19(12-16)31-13-15-5-6-15)20(32(24,29)30)4-2-3-11-25-18-9-10-21(27)26-22(18)28/h7-8,12,14-15,18,20,25H,2-6,9-11,13H2,1H3,(H2,24,29,30)(H,26,27,28)/t14-,18?,20?/m1/s1. The van der Waals surface area contributed by atoms with Crippen LogP contribution < -0.4 is 20.5 Å². The third kappa shape index (κ3) is 6.98. The molecule has 1 heterocycles. The van der Waals surface area contributed by atoms with Crippen molar-refractivity contribution in [2.75, 3.05) is 13.2 Å². The van der Waals surface area contributed by atoms with Crippen LogP contribution in [-0.4, -0.2) is 44.7 Å². The number of benzene rings is 1. The van der Waals surface area contributed by atoms with Crippen LogP contribution in [-0.2, 0) is 19.6 Å². The smallest absolute Gasteiger partial charge is 0.243 e. The minimum Gasteiger partial charge on any atom is -0.490 e. The number of amides is 2. The summed E-state index contributed by atoms with van der Waals surface area (Å²) in [5.41, 5.74) is 0.665. The molecular formula is C22H32FN3O5S. The van der Waals surface area contributed by atoms with Gasteiger partial charge < -0.3 is 10.1 Å². The summed E-state index contributed by atoms with van der Waals surface area (Å²) >= 11 is 0. The number of nitrogens with two attached hydrogens (primary N) is 1. The van der Waals surface area contributed by atoms with Crippen molar-refractivity contribution < 1.29 is 27.1 Å². The first-order valence-corrected chi connectivity index (χ1v) is 12.8. The van der Waals surface area contributed by atoms with Crippen molar-refractivity contribution in [1.82, 2.24) is 10.6 Å². The largest absolute Gasteiger partial charge is 0.490 e. The number of halogens is 1. The highest BCUT2D eigenvalue weighted by Gasteiger charge is 2.30. The molecule has 1 aromatic carbocycles. The zero-order chi connectivity index (χ0) is 23.3. The fourth-order valence-corrected chi connectivity index (χ4v) is 5.18. The molecular weight excluding hydrogens is 437 g/mol. The lowest BCUT2D eigenvalue weighted by molar-refractivity contribution is -0.134. The number of hydrogen-bond acceptors (Lipinski definition) is 6. The number of carbonyl (C=O) groups excluding carboxylic acids is 2. The quantitative estimate of drug-likeness (QED) is 0.317. The summed E-state index contributed by atoms with van der Waals surface area (Å²) in [6, 6.07) is 4.05. The topological polar surface area (TPSA) is 128 Å². The van der Waals surface area contributed by atoms with E-state index in [4.69, 9.17) is 9.88 Å². The number of unbranched alkanes of at least 4 members (excludes halogenated alkanes) is 1. The summed E-state index contributed by atoms with van der Waals surface area (Å²) in [5.74, 6) is -0.872.